The molecule has 1 aliphatic rings. The Bertz CT molecular complexity index is 634. The number of ether oxygens (including phenoxy) is 1. The maximum atomic E-state index is 11.5. The van der Waals surface area contributed by atoms with Crippen molar-refractivity contribution in [2.75, 3.05) is 0 Å². The Kier molecular flexibility index (Phi) is 5.21. The van der Waals surface area contributed by atoms with Crippen molar-refractivity contribution in [1.82, 2.24) is 0 Å². The Balaban J connectivity index is 2.32. The van der Waals surface area contributed by atoms with E-state index < -0.39 is 5.97 Å². The first kappa shape index (κ1) is 16.1. The lowest BCUT2D eigenvalue weighted by Gasteiger charge is -2.15. The van der Waals surface area contributed by atoms with E-state index in [1.807, 2.05) is 38.1 Å². The quantitative estimate of drug-likeness (QED) is 0.580. The van der Waals surface area contributed by atoms with E-state index in [0.29, 0.717) is 11.5 Å². The number of carboxylic acid groups (broad SMARTS) is 1. The molecule has 2 rings (SSSR count). The molecule has 1 saturated carbocycles. The van der Waals surface area contributed by atoms with Crippen LogP contribution in [-0.4, -0.2) is 11.1 Å². The molecule has 3 heteroatoms. The lowest BCUT2D eigenvalue weighted by Crippen LogP contribution is -2.07. The van der Waals surface area contributed by atoms with Gasteiger partial charge in [-0.05, 0) is 55.9 Å². The average Bonchev–Trinajstić information content (AvgIpc) is 3.34. The largest absolute Gasteiger partial charge is 0.489 e. The summed E-state index contributed by atoms with van der Waals surface area (Å²) in [6, 6.07) is 5.48. The maximum Gasteiger partial charge on any atom is 0.336 e. The molecule has 0 amide bonds. The van der Waals surface area contributed by atoms with Crippen molar-refractivity contribution in [3.8, 4) is 0 Å². The van der Waals surface area contributed by atoms with E-state index in [1.54, 1.807) is 12.1 Å². The fraction of sp³-hybridized carbons (Fsp3) is 0.316. The zero-order chi connectivity index (χ0) is 16.1. The first-order valence-corrected chi connectivity index (χ1v) is 7.52. The third kappa shape index (κ3) is 3.67. The molecule has 0 radical (unpaired) electrons. The average molecular weight is 298 g/mol. The van der Waals surface area contributed by atoms with Crippen LogP contribution in [0.25, 0.3) is 0 Å². The monoisotopic (exact) mass is 298 g/mol. The Morgan fingerprint density at radius 1 is 1.45 bits per heavy atom. The number of benzene rings is 1. The van der Waals surface area contributed by atoms with Gasteiger partial charge in [0.25, 0.3) is 0 Å². The summed E-state index contributed by atoms with van der Waals surface area (Å²) < 4.78 is 5.89. The van der Waals surface area contributed by atoms with Crippen molar-refractivity contribution in [2.45, 2.75) is 39.2 Å². The molecule has 1 aromatic carbocycles. The lowest BCUT2D eigenvalue weighted by atomic mass is 9.98. The van der Waals surface area contributed by atoms with E-state index in [2.05, 4.69) is 6.58 Å². The molecular formula is C19H22O3. The maximum absolute atomic E-state index is 11.5. The van der Waals surface area contributed by atoms with E-state index in [-0.39, 0.29) is 6.61 Å². The molecule has 0 saturated heterocycles. The number of aromatic carboxylic acids is 1. The van der Waals surface area contributed by atoms with Gasteiger partial charge in [0.15, 0.2) is 0 Å². The molecule has 0 heterocycles. The Hall–Kier alpha value is -2.29. The molecule has 0 atom stereocenters. The van der Waals surface area contributed by atoms with Crippen molar-refractivity contribution >= 4 is 5.97 Å². The molecule has 0 aromatic heterocycles. The molecule has 0 spiro atoms. The van der Waals surface area contributed by atoms with E-state index in [0.717, 1.165) is 35.3 Å². The number of hydrogen-bond acceptors (Lipinski definition) is 2. The summed E-state index contributed by atoms with van der Waals surface area (Å²) in [4.78, 5) is 11.5. The normalized spacial score (nSPS) is 15.5. The van der Waals surface area contributed by atoms with Crippen LogP contribution in [0.5, 0.6) is 0 Å². The van der Waals surface area contributed by atoms with Crippen molar-refractivity contribution in [3.05, 3.63) is 71.0 Å². The van der Waals surface area contributed by atoms with E-state index in [1.165, 1.54) is 0 Å². The highest BCUT2D eigenvalue weighted by molar-refractivity contribution is 5.89. The summed E-state index contributed by atoms with van der Waals surface area (Å²) in [5, 5.41) is 9.42. The molecule has 22 heavy (non-hydrogen) atoms. The van der Waals surface area contributed by atoms with Gasteiger partial charge in [-0.25, -0.2) is 4.79 Å². The first-order chi connectivity index (χ1) is 10.6. The molecule has 1 fully saturated rings. The van der Waals surface area contributed by atoms with Crippen LogP contribution in [0.1, 0.15) is 54.1 Å². The third-order valence-electron chi connectivity index (χ3n) is 3.84. The zero-order valence-corrected chi connectivity index (χ0v) is 13.1. The van der Waals surface area contributed by atoms with Gasteiger partial charge >= 0.3 is 5.97 Å². The second kappa shape index (κ2) is 7.12. The predicted molar refractivity (Wildman–Crippen MR) is 87.9 cm³/mol. The van der Waals surface area contributed by atoms with Crippen LogP contribution in [0.15, 0.2) is 54.3 Å². The minimum Gasteiger partial charge on any atom is -0.489 e. The molecule has 1 N–H and O–H groups in total. The number of rotatable bonds is 7. The zero-order valence-electron chi connectivity index (χ0n) is 13.1. The number of carboxylic acids is 1. The van der Waals surface area contributed by atoms with Gasteiger partial charge in [-0.1, -0.05) is 30.9 Å². The van der Waals surface area contributed by atoms with Crippen LogP contribution < -0.4 is 0 Å². The molecule has 0 bridgehead atoms. The van der Waals surface area contributed by atoms with Gasteiger partial charge in [0, 0.05) is 5.56 Å². The van der Waals surface area contributed by atoms with Crippen molar-refractivity contribution in [2.24, 2.45) is 0 Å². The summed E-state index contributed by atoms with van der Waals surface area (Å²) in [5.41, 5.74) is 3.16. The second-order valence-electron chi connectivity index (χ2n) is 5.49. The number of carbonyl (C=O) groups is 1. The molecule has 0 aliphatic heterocycles. The van der Waals surface area contributed by atoms with Crippen molar-refractivity contribution < 1.29 is 14.6 Å². The minimum atomic E-state index is -0.905. The van der Waals surface area contributed by atoms with Gasteiger partial charge in [-0.15, -0.1) is 0 Å². The SMILES string of the molecule is C=C/C(C)=C(\C=C/C)OCc1c(C(=O)O)cccc1C1CC1. The van der Waals surface area contributed by atoms with Gasteiger partial charge in [0.2, 0.25) is 0 Å². The van der Waals surface area contributed by atoms with Gasteiger partial charge in [-0.3, -0.25) is 0 Å². The van der Waals surface area contributed by atoms with Gasteiger partial charge < -0.3 is 9.84 Å². The number of allylic oxidation sites excluding steroid dienone is 4. The number of hydrogen-bond donors (Lipinski definition) is 1. The second-order valence-corrected chi connectivity index (χ2v) is 5.49. The lowest BCUT2D eigenvalue weighted by molar-refractivity contribution is 0.0692. The summed E-state index contributed by atoms with van der Waals surface area (Å²) in [6.45, 7) is 7.86. The first-order valence-electron chi connectivity index (χ1n) is 7.52. The molecule has 116 valence electrons. The Labute approximate surface area is 131 Å². The molecule has 3 nitrogen and oxygen atoms in total. The Morgan fingerprint density at radius 2 is 2.18 bits per heavy atom. The summed E-state index contributed by atoms with van der Waals surface area (Å²) in [7, 11) is 0. The highest BCUT2D eigenvalue weighted by atomic mass is 16.5. The van der Waals surface area contributed by atoms with Crippen LogP contribution in [-0.2, 0) is 11.3 Å². The summed E-state index contributed by atoms with van der Waals surface area (Å²) >= 11 is 0. The van der Waals surface area contributed by atoms with E-state index in [9.17, 15) is 9.90 Å². The highest BCUT2D eigenvalue weighted by Gasteiger charge is 2.28. The van der Waals surface area contributed by atoms with Crippen LogP contribution >= 0.6 is 0 Å². The summed E-state index contributed by atoms with van der Waals surface area (Å²) in [5.74, 6) is 0.296. The predicted octanol–water partition coefficient (Wildman–Crippen LogP) is 4.81. The Morgan fingerprint density at radius 3 is 2.73 bits per heavy atom. The molecular weight excluding hydrogens is 276 g/mol. The van der Waals surface area contributed by atoms with Crippen molar-refractivity contribution in [3.63, 3.8) is 0 Å². The van der Waals surface area contributed by atoms with Crippen molar-refractivity contribution in [1.29, 1.82) is 0 Å². The molecule has 1 aromatic rings. The van der Waals surface area contributed by atoms with Crippen LogP contribution in [0.3, 0.4) is 0 Å². The molecule has 1 aliphatic carbocycles. The topological polar surface area (TPSA) is 46.5 Å². The smallest absolute Gasteiger partial charge is 0.336 e. The highest BCUT2D eigenvalue weighted by Crippen LogP contribution is 2.42. The van der Waals surface area contributed by atoms with Gasteiger partial charge in [0.05, 0.1) is 5.56 Å². The van der Waals surface area contributed by atoms with Crippen LogP contribution in [0.4, 0.5) is 0 Å². The van der Waals surface area contributed by atoms with Gasteiger partial charge in [-0.2, -0.15) is 0 Å². The molecule has 0 unspecified atom stereocenters. The fourth-order valence-electron chi connectivity index (χ4n) is 2.44. The van der Waals surface area contributed by atoms with E-state index >= 15 is 0 Å². The van der Waals surface area contributed by atoms with Crippen LogP contribution in [0.2, 0.25) is 0 Å². The summed E-state index contributed by atoms with van der Waals surface area (Å²) in [6.07, 6.45) is 7.75. The van der Waals surface area contributed by atoms with Gasteiger partial charge in [0.1, 0.15) is 12.4 Å². The van der Waals surface area contributed by atoms with Crippen LogP contribution in [0, 0.1) is 0 Å². The minimum absolute atomic E-state index is 0.263. The standard InChI is InChI=1S/C19H22O3/c1-4-7-18(13(3)5-2)22-12-17-15(14-10-11-14)8-6-9-16(17)19(20)21/h4-9,14H,2,10-12H2,1,3H3,(H,20,21)/b7-4-,18-13+. The van der Waals surface area contributed by atoms with E-state index in [4.69, 9.17) is 4.74 Å². The third-order valence-corrected chi connectivity index (χ3v) is 3.84. The fourth-order valence-corrected chi connectivity index (χ4v) is 2.44.